The number of benzene rings is 1. The number of hydrogen-bond acceptors (Lipinski definition) is 2. The van der Waals surface area contributed by atoms with Gasteiger partial charge in [0.05, 0.1) is 11.1 Å². The predicted molar refractivity (Wildman–Crippen MR) is 103 cm³/mol. The van der Waals surface area contributed by atoms with Gasteiger partial charge < -0.3 is 5.11 Å². The summed E-state index contributed by atoms with van der Waals surface area (Å²) in [7, 11) is 0. The molecule has 1 aromatic heterocycles. The van der Waals surface area contributed by atoms with Gasteiger partial charge in [-0.2, -0.15) is 0 Å². The Morgan fingerprint density at radius 3 is 2.80 bits per heavy atom. The van der Waals surface area contributed by atoms with Crippen LogP contribution in [0.2, 0.25) is 0 Å². The second kappa shape index (κ2) is 6.67. The molecule has 3 heteroatoms. The molecule has 1 aromatic carbocycles. The van der Waals surface area contributed by atoms with Crippen molar-refractivity contribution in [3.63, 3.8) is 0 Å². The molecular formula is C22H23NO2. The SMILES string of the molecule is C=C(C)C1(/C=C/C)CC=C(c2cccc3cc(C(=O)O)cnc23)CC1. The first-order valence-corrected chi connectivity index (χ1v) is 8.58. The zero-order valence-corrected chi connectivity index (χ0v) is 14.7. The van der Waals surface area contributed by atoms with Crippen LogP contribution in [0.25, 0.3) is 16.5 Å². The number of aromatic carboxylic acids is 1. The summed E-state index contributed by atoms with van der Waals surface area (Å²) < 4.78 is 0. The number of fused-ring (bicyclic) bond motifs is 1. The fraction of sp³-hybridized carbons (Fsp3) is 0.273. The Balaban J connectivity index is 2.02. The molecule has 0 amide bonds. The summed E-state index contributed by atoms with van der Waals surface area (Å²) in [6, 6.07) is 7.65. The summed E-state index contributed by atoms with van der Waals surface area (Å²) in [6.45, 7) is 8.35. The first kappa shape index (κ1) is 17.2. The number of rotatable bonds is 4. The van der Waals surface area contributed by atoms with Gasteiger partial charge in [-0.05, 0) is 44.7 Å². The topological polar surface area (TPSA) is 50.2 Å². The standard InChI is InChI=1S/C22H23NO2/c1-4-10-22(15(2)3)11-8-16(9-12-22)19-7-5-6-17-13-18(21(24)25)14-23-20(17)19/h4-8,10,13-14H,2,9,11-12H2,1,3H3,(H,24,25)/b10-4+. The quantitative estimate of drug-likeness (QED) is 0.737. The molecule has 1 aliphatic carbocycles. The second-order valence-electron chi connectivity index (χ2n) is 6.78. The number of aromatic nitrogens is 1. The van der Waals surface area contributed by atoms with Crippen molar-refractivity contribution >= 4 is 22.4 Å². The number of allylic oxidation sites excluding steroid dienone is 5. The highest BCUT2D eigenvalue weighted by molar-refractivity contribution is 5.96. The Hall–Kier alpha value is -2.68. The Morgan fingerprint density at radius 2 is 2.20 bits per heavy atom. The fourth-order valence-electron chi connectivity index (χ4n) is 3.65. The molecule has 0 saturated heterocycles. The molecule has 0 saturated carbocycles. The van der Waals surface area contributed by atoms with E-state index in [9.17, 15) is 4.79 Å². The van der Waals surface area contributed by atoms with Crippen LogP contribution in [0, 0.1) is 5.41 Å². The summed E-state index contributed by atoms with van der Waals surface area (Å²) in [5.41, 5.74) is 4.72. The normalized spacial score (nSPS) is 20.6. The van der Waals surface area contributed by atoms with E-state index in [1.54, 1.807) is 6.07 Å². The van der Waals surface area contributed by atoms with E-state index in [0.717, 1.165) is 35.7 Å². The summed E-state index contributed by atoms with van der Waals surface area (Å²) in [5.74, 6) is -0.950. The summed E-state index contributed by atoms with van der Waals surface area (Å²) in [4.78, 5) is 15.6. The average Bonchev–Trinajstić information content (AvgIpc) is 2.61. The third-order valence-electron chi connectivity index (χ3n) is 5.19. The minimum absolute atomic E-state index is 0.0484. The van der Waals surface area contributed by atoms with E-state index in [2.05, 4.69) is 49.7 Å². The van der Waals surface area contributed by atoms with Gasteiger partial charge in [0, 0.05) is 22.6 Å². The number of nitrogens with zero attached hydrogens (tertiary/aromatic N) is 1. The van der Waals surface area contributed by atoms with Crippen molar-refractivity contribution in [2.45, 2.75) is 33.1 Å². The van der Waals surface area contributed by atoms with Gasteiger partial charge in [0.2, 0.25) is 0 Å². The van der Waals surface area contributed by atoms with Crippen LogP contribution in [0.3, 0.4) is 0 Å². The molecular weight excluding hydrogens is 310 g/mol. The minimum Gasteiger partial charge on any atom is -0.478 e. The van der Waals surface area contributed by atoms with Crippen molar-refractivity contribution in [2.75, 3.05) is 0 Å². The molecule has 1 atom stereocenters. The van der Waals surface area contributed by atoms with Gasteiger partial charge >= 0.3 is 5.97 Å². The maximum atomic E-state index is 11.2. The second-order valence-corrected chi connectivity index (χ2v) is 6.78. The van der Waals surface area contributed by atoms with Gasteiger partial charge in [-0.1, -0.05) is 48.6 Å². The number of para-hydroxylation sites is 1. The predicted octanol–water partition coefficient (Wildman–Crippen LogP) is 5.64. The molecule has 1 heterocycles. The van der Waals surface area contributed by atoms with Crippen LogP contribution in [0.5, 0.6) is 0 Å². The summed E-state index contributed by atoms with van der Waals surface area (Å²) in [6.07, 6.45) is 11.0. The Labute approximate surface area is 148 Å². The number of carboxylic acids is 1. The van der Waals surface area contributed by atoms with Crippen LogP contribution in [0.4, 0.5) is 0 Å². The Morgan fingerprint density at radius 1 is 1.40 bits per heavy atom. The Kier molecular flexibility index (Phi) is 4.58. The molecule has 0 radical (unpaired) electrons. The lowest BCUT2D eigenvalue weighted by Crippen LogP contribution is -2.21. The van der Waals surface area contributed by atoms with E-state index >= 15 is 0 Å². The van der Waals surface area contributed by atoms with Crippen molar-refractivity contribution < 1.29 is 9.90 Å². The monoisotopic (exact) mass is 333 g/mol. The third-order valence-corrected chi connectivity index (χ3v) is 5.19. The maximum absolute atomic E-state index is 11.2. The molecule has 2 aromatic rings. The molecule has 3 nitrogen and oxygen atoms in total. The van der Waals surface area contributed by atoms with Crippen LogP contribution in [-0.2, 0) is 0 Å². The number of hydrogen-bond donors (Lipinski definition) is 1. The largest absolute Gasteiger partial charge is 0.478 e. The maximum Gasteiger partial charge on any atom is 0.337 e. The van der Waals surface area contributed by atoms with Gasteiger partial charge in [-0.25, -0.2) is 4.79 Å². The van der Waals surface area contributed by atoms with Gasteiger partial charge in [-0.15, -0.1) is 0 Å². The van der Waals surface area contributed by atoms with Gasteiger partial charge in [0.15, 0.2) is 0 Å². The smallest absolute Gasteiger partial charge is 0.337 e. The van der Waals surface area contributed by atoms with Gasteiger partial charge in [0.1, 0.15) is 0 Å². The number of pyridine rings is 1. The van der Waals surface area contributed by atoms with Crippen molar-refractivity contribution in [3.05, 3.63) is 72.0 Å². The fourth-order valence-corrected chi connectivity index (χ4v) is 3.65. The summed E-state index contributed by atoms with van der Waals surface area (Å²) >= 11 is 0. The molecule has 1 aliphatic rings. The molecule has 0 aliphatic heterocycles. The van der Waals surface area contributed by atoms with E-state index in [4.69, 9.17) is 5.11 Å². The van der Waals surface area contributed by atoms with Crippen LogP contribution >= 0.6 is 0 Å². The van der Waals surface area contributed by atoms with Crippen molar-refractivity contribution in [1.82, 2.24) is 4.98 Å². The number of carboxylic acid groups (broad SMARTS) is 1. The molecule has 3 rings (SSSR count). The lowest BCUT2D eigenvalue weighted by molar-refractivity contribution is 0.0696. The lowest BCUT2D eigenvalue weighted by atomic mass is 9.69. The molecule has 0 bridgehead atoms. The van der Waals surface area contributed by atoms with E-state index in [0.29, 0.717) is 0 Å². The molecule has 1 N–H and O–H groups in total. The van der Waals surface area contributed by atoms with Crippen LogP contribution < -0.4 is 0 Å². The van der Waals surface area contributed by atoms with Crippen LogP contribution in [-0.4, -0.2) is 16.1 Å². The van der Waals surface area contributed by atoms with Crippen LogP contribution in [0.15, 0.2) is 60.8 Å². The first-order valence-electron chi connectivity index (χ1n) is 8.58. The molecule has 1 unspecified atom stereocenters. The molecule has 0 spiro atoms. The van der Waals surface area contributed by atoms with Gasteiger partial charge in [-0.3, -0.25) is 4.98 Å². The minimum atomic E-state index is -0.950. The average molecular weight is 333 g/mol. The first-order chi connectivity index (χ1) is 12.0. The highest BCUT2D eigenvalue weighted by atomic mass is 16.4. The molecule has 128 valence electrons. The van der Waals surface area contributed by atoms with E-state index in [-0.39, 0.29) is 11.0 Å². The lowest BCUT2D eigenvalue weighted by Gasteiger charge is -2.35. The van der Waals surface area contributed by atoms with Crippen molar-refractivity contribution in [2.24, 2.45) is 5.41 Å². The molecule has 0 fully saturated rings. The third kappa shape index (κ3) is 3.14. The summed E-state index contributed by atoms with van der Waals surface area (Å²) in [5, 5.41) is 10.0. The highest BCUT2D eigenvalue weighted by Crippen LogP contribution is 2.45. The van der Waals surface area contributed by atoms with Gasteiger partial charge in [0.25, 0.3) is 0 Å². The van der Waals surface area contributed by atoms with Crippen LogP contribution in [0.1, 0.15) is 49.0 Å². The highest BCUT2D eigenvalue weighted by Gasteiger charge is 2.30. The van der Waals surface area contributed by atoms with E-state index in [1.165, 1.54) is 17.3 Å². The zero-order valence-electron chi connectivity index (χ0n) is 14.7. The van der Waals surface area contributed by atoms with E-state index in [1.807, 2.05) is 12.1 Å². The van der Waals surface area contributed by atoms with Crippen molar-refractivity contribution in [3.8, 4) is 0 Å². The van der Waals surface area contributed by atoms with Crippen molar-refractivity contribution in [1.29, 1.82) is 0 Å². The molecule has 25 heavy (non-hydrogen) atoms. The number of carbonyl (C=O) groups is 1. The van der Waals surface area contributed by atoms with E-state index < -0.39 is 5.97 Å². The zero-order chi connectivity index (χ0) is 18.0. The Bertz CT molecular complexity index is 907.